The molecule has 3 nitrogen and oxygen atoms in total. The molecule has 2 aromatic carbocycles. The molecule has 0 radical (unpaired) electrons. The van der Waals surface area contributed by atoms with Gasteiger partial charge in [-0.3, -0.25) is 4.79 Å². The van der Waals surface area contributed by atoms with Crippen LogP contribution in [0.15, 0.2) is 59.0 Å². The van der Waals surface area contributed by atoms with E-state index in [2.05, 4.69) is 0 Å². The molecule has 1 amide bonds. The molecule has 0 N–H and O–H groups in total. The first-order valence-corrected chi connectivity index (χ1v) is 7.77. The van der Waals surface area contributed by atoms with Crippen LogP contribution in [0.2, 0.25) is 0 Å². The molecule has 3 aromatic rings. The van der Waals surface area contributed by atoms with Crippen molar-refractivity contribution in [2.45, 2.75) is 18.9 Å². The summed E-state index contributed by atoms with van der Waals surface area (Å²) in [4.78, 5) is 14.6. The van der Waals surface area contributed by atoms with Crippen LogP contribution in [0.3, 0.4) is 0 Å². The summed E-state index contributed by atoms with van der Waals surface area (Å²) in [6, 6.07) is 15.8. The number of furan rings is 1. The van der Waals surface area contributed by atoms with Crippen molar-refractivity contribution in [3.63, 3.8) is 0 Å². The standard InChI is InChI=1S/C19H16FNO2/c20-15-9-7-13(8-10-15)16-5-3-11-21(16)19(22)18-12-14-4-1-2-6-17(14)23-18/h1-2,4,6-10,12,16H,3,5,11H2. The minimum atomic E-state index is -0.262. The molecule has 1 aliphatic rings. The van der Waals surface area contributed by atoms with Crippen LogP contribution in [-0.2, 0) is 0 Å². The molecule has 23 heavy (non-hydrogen) atoms. The largest absolute Gasteiger partial charge is 0.451 e. The SMILES string of the molecule is O=C(c1cc2ccccc2o1)N1CCCC1c1ccc(F)cc1. The maximum atomic E-state index is 13.1. The third-order valence-electron chi connectivity index (χ3n) is 4.40. The maximum Gasteiger partial charge on any atom is 0.290 e. The van der Waals surface area contributed by atoms with Crippen LogP contribution >= 0.6 is 0 Å². The molecule has 4 heteroatoms. The van der Waals surface area contributed by atoms with E-state index in [-0.39, 0.29) is 17.8 Å². The molecule has 1 saturated heterocycles. The maximum absolute atomic E-state index is 13.1. The Labute approximate surface area is 133 Å². The first-order chi connectivity index (χ1) is 11.2. The van der Waals surface area contributed by atoms with Crippen LogP contribution in [0.25, 0.3) is 11.0 Å². The van der Waals surface area contributed by atoms with Gasteiger partial charge in [-0.1, -0.05) is 30.3 Å². The fourth-order valence-corrected chi connectivity index (χ4v) is 3.27. The highest BCUT2D eigenvalue weighted by Gasteiger charge is 2.32. The predicted molar refractivity (Wildman–Crippen MR) is 85.6 cm³/mol. The van der Waals surface area contributed by atoms with Crippen molar-refractivity contribution in [1.82, 2.24) is 4.90 Å². The topological polar surface area (TPSA) is 33.5 Å². The second-order valence-corrected chi connectivity index (χ2v) is 5.86. The van der Waals surface area contributed by atoms with Gasteiger partial charge < -0.3 is 9.32 Å². The zero-order chi connectivity index (χ0) is 15.8. The molecule has 1 fully saturated rings. The Bertz CT molecular complexity index is 820. The van der Waals surface area contributed by atoms with E-state index in [1.165, 1.54) is 12.1 Å². The van der Waals surface area contributed by atoms with E-state index in [1.54, 1.807) is 18.2 Å². The first kappa shape index (κ1) is 14.0. The lowest BCUT2D eigenvalue weighted by Crippen LogP contribution is -2.30. The third-order valence-corrected chi connectivity index (χ3v) is 4.40. The number of halogens is 1. The number of hydrogen-bond acceptors (Lipinski definition) is 2. The summed E-state index contributed by atoms with van der Waals surface area (Å²) >= 11 is 0. The summed E-state index contributed by atoms with van der Waals surface area (Å²) in [6.07, 6.45) is 1.83. The lowest BCUT2D eigenvalue weighted by Gasteiger charge is -2.24. The van der Waals surface area contributed by atoms with E-state index < -0.39 is 0 Å². The van der Waals surface area contributed by atoms with Gasteiger partial charge in [-0.05, 0) is 42.7 Å². The number of benzene rings is 2. The van der Waals surface area contributed by atoms with Crippen molar-refractivity contribution in [3.8, 4) is 0 Å². The highest BCUT2D eigenvalue weighted by Crippen LogP contribution is 2.34. The van der Waals surface area contributed by atoms with Crippen molar-refractivity contribution in [3.05, 3.63) is 71.7 Å². The van der Waals surface area contributed by atoms with Gasteiger partial charge in [0.25, 0.3) is 5.91 Å². The van der Waals surface area contributed by atoms with Gasteiger partial charge in [-0.15, -0.1) is 0 Å². The van der Waals surface area contributed by atoms with Gasteiger partial charge in [0.2, 0.25) is 0 Å². The fourth-order valence-electron chi connectivity index (χ4n) is 3.27. The number of likely N-dealkylation sites (tertiary alicyclic amines) is 1. The van der Waals surface area contributed by atoms with E-state index in [0.717, 1.165) is 23.8 Å². The minimum absolute atomic E-state index is 0.0173. The average Bonchev–Trinajstić information content (AvgIpc) is 3.21. The van der Waals surface area contributed by atoms with Crippen molar-refractivity contribution in [2.24, 2.45) is 0 Å². The molecular weight excluding hydrogens is 293 g/mol. The second-order valence-electron chi connectivity index (χ2n) is 5.86. The number of para-hydroxylation sites is 1. The van der Waals surface area contributed by atoms with Gasteiger partial charge in [-0.2, -0.15) is 0 Å². The van der Waals surface area contributed by atoms with Crippen molar-refractivity contribution >= 4 is 16.9 Å². The monoisotopic (exact) mass is 309 g/mol. The number of nitrogens with zero attached hydrogens (tertiary/aromatic N) is 1. The minimum Gasteiger partial charge on any atom is -0.451 e. The third kappa shape index (κ3) is 2.50. The fraction of sp³-hybridized carbons (Fsp3) is 0.211. The molecule has 0 spiro atoms. The highest BCUT2D eigenvalue weighted by atomic mass is 19.1. The van der Waals surface area contributed by atoms with Gasteiger partial charge in [-0.25, -0.2) is 4.39 Å². The predicted octanol–water partition coefficient (Wildman–Crippen LogP) is 4.55. The molecule has 0 bridgehead atoms. The highest BCUT2D eigenvalue weighted by molar-refractivity contribution is 5.96. The average molecular weight is 309 g/mol. The van der Waals surface area contributed by atoms with E-state index in [0.29, 0.717) is 17.9 Å². The number of carbonyl (C=O) groups excluding carboxylic acids is 1. The van der Waals surface area contributed by atoms with E-state index in [9.17, 15) is 9.18 Å². The van der Waals surface area contributed by atoms with Crippen LogP contribution in [0.1, 0.15) is 35.0 Å². The van der Waals surface area contributed by atoms with Gasteiger partial charge in [0.05, 0.1) is 6.04 Å². The molecule has 0 aliphatic carbocycles. The van der Waals surface area contributed by atoms with Crippen molar-refractivity contribution < 1.29 is 13.6 Å². The zero-order valence-corrected chi connectivity index (χ0v) is 12.5. The van der Waals surface area contributed by atoms with Crippen LogP contribution in [-0.4, -0.2) is 17.4 Å². The molecule has 1 aromatic heterocycles. The Morgan fingerprint density at radius 3 is 2.70 bits per heavy atom. The summed E-state index contributed by atoms with van der Waals surface area (Å²) in [6.45, 7) is 0.692. The second kappa shape index (κ2) is 5.54. The summed E-state index contributed by atoms with van der Waals surface area (Å²) in [5.74, 6) is -0.00450. The Hall–Kier alpha value is -2.62. The molecule has 2 heterocycles. The summed E-state index contributed by atoms with van der Waals surface area (Å²) in [5, 5.41) is 0.924. The van der Waals surface area contributed by atoms with Gasteiger partial charge in [0.15, 0.2) is 5.76 Å². The van der Waals surface area contributed by atoms with Gasteiger partial charge >= 0.3 is 0 Å². The Morgan fingerprint density at radius 1 is 1.13 bits per heavy atom. The number of fused-ring (bicyclic) bond motifs is 1. The molecule has 1 atom stereocenters. The van der Waals surface area contributed by atoms with Crippen LogP contribution in [0.4, 0.5) is 4.39 Å². The molecule has 116 valence electrons. The van der Waals surface area contributed by atoms with Gasteiger partial charge in [0.1, 0.15) is 11.4 Å². The van der Waals surface area contributed by atoms with E-state index in [4.69, 9.17) is 4.42 Å². The molecule has 4 rings (SSSR count). The van der Waals surface area contributed by atoms with E-state index in [1.807, 2.05) is 29.2 Å². The van der Waals surface area contributed by atoms with Crippen LogP contribution in [0, 0.1) is 5.82 Å². The van der Waals surface area contributed by atoms with Crippen molar-refractivity contribution in [2.75, 3.05) is 6.54 Å². The number of rotatable bonds is 2. The summed E-state index contributed by atoms with van der Waals surface area (Å²) < 4.78 is 18.8. The molecule has 0 saturated carbocycles. The van der Waals surface area contributed by atoms with Crippen LogP contribution < -0.4 is 0 Å². The summed E-state index contributed by atoms with van der Waals surface area (Å²) in [5.41, 5.74) is 1.68. The Balaban J connectivity index is 1.65. The normalized spacial score (nSPS) is 17.8. The van der Waals surface area contributed by atoms with E-state index >= 15 is 0 Å². The quantitative estimate of drug-likeness (QED) is 0.696. The first-order valence-electron chi connectivity index (χ1n) is 7.77. The smallest absolute Gasteiger partial charge is 0.290 e. The zero-order valence-electron chi connectivity index (χ0n) is 12.5. The lowest BCUT2D eigenvalue weighted by atomic mass is 10.0. The number of amides is 1. The number of carbonyl (C=O) groups is 1. The molecular formula is C19H16FNO2. The molecule has 1 unspecified atom stereocenters. The van der Waals surface area contributed by atoms with Crippen molar-refractivity contribution in [1.29, 1.82) is 0 Å². The van der Waals surface area contributed by atoms with Crippen LogP contribution in [0.5, 0.6) is 0 Å². The number of hydrogen-bond donors (Lipinski definition) is 0. The lowest BCUT2D eigenvalue weighted by molar-refractivity contribution is 0.0705. The summed E-state index contributed by atoms with van der Waals surface area (Å²) in [7, 11) is 0. The Kier molecular flexibility index (Phi) is 3.37. The Morgan fingerprint density at radius 2 is 1.91 bits per heavy atom. The molecule has 1 aliphatic heterocycles. The van der Waals surface area contributed by atoms with Gasteiger partial charge in [0, 0.05) is 11.9 Å².